The number of rotatable bonds is 7. The molecule has 2 aromatic carbocycles. The van der Waals surface area contributed by atoms with Crippen LogP contribution in [0, 0.1) is 11.3 Å². The van der Waals surface area contributed by atoms with E-state index in [1.807, 2.05) is 22.9 Å². The Morgan fingerprint density at radius 2 is 1.97 bits per heavy atom. The van der Waals surface area contributed by atoms with Gasteiger partial charge in [-0.15, -0.1) is 0 Å². The van der Waals surface area contributed by atoms with E-state index in [1.165, 1.54) is 24.5 Å². The number of nitrogens with two attached hydrogens (primary N) is 1. The molecule has 12 heteroatoms. The van der Waals surface area contributed by atoms with Crippen LogP contribution in [0.2, 0.25) is 0 Å². The predicted octanol–water partition coefficient (Wildman–Crippen LogP) is 2.78. The van der Waals surface area contributed by atoms with Crippen molar-refractivity contribution in [3.8, 4) is 17.3 Å². The number of aromatic nitrogens is 4. The second-order valence-electron chi connectivity index (χ2n) is 9.16. The zero-order valence-electron chi connectivity index (χ0n) is 21.0. The number of hydrogen-bond donors (Lipinski definition) is 2. The van der Waals surface area contributed by atoms with Gasteiger partial charge in [-0.3, -0.25) is 4.79 Å². The van der Waals surface area contributed by atoms with E-state index in [-0.39, 0.29) is 29.0 Å². The Hall–Kier alpha value is -4.60. The van der Waals surface area contributed by atoms with Gasteiger partial charge in [0.1, 0.15) is 23.9 Å². The van der Waals surface area contributed by atoms with Gasteiger partial charge in [0.25, 0.3) is 0 Å². The standard InChI is InChI=1S/C27H26N8O3S/c1-2-23(36)34-13-5-7-21(16-34)35-27-24(26(29)30-17-31-27)25(33-35)19-11-9-18(10-12-19)15-32-39(37,38)22-8-4-3-6-20(22)14-28/h2-4,6,8-12,17,21,32H,1,5,7,13,15-16H2,(H2,29,30,31). The van der Waals surface area contributed by atoms with Crippen molar-refractivity contribution in [1.29, 1.82) is 5.26 Å². The second kappa shape index (κ2) is 10.6. The van der Waals surface area contributed by atoms with E-state index in [9.17, 15) is 18.5 Å². The summed E-state index contributed by atoms with van der Waals surface area (Å²) in [5.74, 6) is 0.178. The third kappa shape index (κ3) is 5.09. The topological polar surface area (TPSA) is 160 Å². The fourth-order valence-corrected chi connectivity index (χ4v) is 5.94. The van der Waals surface area contributed by atoms with Crippen LogP contribution in [0.4, 0.5) is 5.82 Å². The lowest BCUT2D eigenvalue weighted by Crippen LogP contribution is -2.40. The van der Waals surface area contributed by atoms with Gasteiger partial charge in [0, 0.05) is 25.2 Å². The lowest BCUT2D eigenvalue weighted by atomic mass is 10.1. The van der Waals surface area contributed by atoms with Crippen LogP contribution in [0.1, 0.15) is 30.0 Å². The number of piperidine rings is 1. The second-order valence-corrected chi connectivity index (χ2v) is 10.9. The molecule has 198 valence electrons. The van der Waals surface area contributed by atoms with Gasteiger partial charge in [0.05, 0.1) is 21.9 Å². The normalized spacial score (nSPS) is 15.7. The van der Waals surface area contributed by atoms with Crippen LogP contribution in [0.25, 0.3) is 22.3 Å². The number of sulfonamides is 1. The molecule has 2 aromatic heterocycles. The Morgan fingerprint density at radius 3 is 2.72 bits per heavy atom. The van der Waals surface area contributed by atoms with Crippen molar-refractivity contribution in [2.24, 2.45) is 0 Å². The number of fused-ring (bicyclic) bond motifs is 1. The van der Waals surface area contributed by atoms with Crippen LogP contribution in [0.15, 0.2) is 72.4 Å². The zero-order valence-corrected chi connectivity index (χ0v) is 21.8. The highest BCUT2D eigenvalue weighted by Gasteiger charge is 2.28. The zero-order chi connectivity index (χ0) is 27.6. The first kappa shape index (κ1) is 26.0. The lowest BCUT2D eigenvalue weighted by Gasteiger charge is -2.32. The van der Waals surface area contributed by atoms with Crippen molar-refractivity contribution in [1.82, 2.24) is 29.4 Å². The molecule has 1 amide bonds. The third-order valence-electron chi connectivity index (χ3n) is 6.74. The van der Waals surface area contributed by atoms with E-state index in [0.29, 0.717) is 35.6 Å². The summed E-state index contributed by atoms with van der Waals surface area (Å²) in [7, 11) is -3.88. The predicted molar refractivity (Wildman–Crippen MR) is 145 cm³/mol. The summed E-state index contributed by atoms with van der Waals surface area (Å²) in [6, 6.07) is 15.1. The molecule has 0 saturated carbocycles. The highest BCUT2D eigenvalue weighted by Crippen LogP contribution is 2.34. The maximum Gasteiger partial charge on any atom is 0.246 e. The third-order valence-corrected chi connectivity index (χ3v) is 8.20. The largest absolute Gasteiger partial charge is 0.383 e. The van der Waals surface area contributed by atoms with E-state index in [1.54, 1.807) is 29.2 Å². The van der Waals surface area contributed by atoms with Crippen LogP contribution >= 0.6 is 0 Å². The molecule has 3 N–H and O–H groups in total. The molecule has 1 saturated heterocycles. The number of likely N-dealkylation sites (tertiary alicyclic amines) is 1. The quantitative estimate of drug-likeness (QED) is 0.337. The van der Waals surface area contributed by atoms with Gasteiger partial charge in [-0.25, -0.2) is 27.8 Å². The molecular weight excluding hydrogens is 516 g/mol. The van der Waals surface area contributed by atoms with Gasteiger partial charge in [0.15, 0.2) is 5.65 Å². The number of hydrogen-bond acceptors (Lipinski definition) is 8. The first-order valence-corrected chi connectivity index (χ1v) is 13.8. The maximum atomic E-state index is 12.8. The summed E-state index contributed by atoms with van der Waals surface area (Å²) < 4.78 is 29.9. The highest BCUT2D eigenvalue weighted by atomic mass is 32.2. The molecule has 1 atom stereocenters. The van der Waals surface area contributed by atoms with Crippen LogP contribution in [0.3, 0.4) is 0 Å². The number of nitrogens with one attached hydrogen (secondary N) is 1. The number of carbonyl (C=O) groups excluding carboxylic acids is 1. The summed E-state index contributed by atoms with van der Waals surface area (Å²) >= 11 is 0. The van der Waals surface area contributed by atoms with Crippen molar-refractivity contribution in [3.05, 3.63) is 78.6 Å². The van der Waals surface area contributed by atoms with Crippen LogP contribution in [0.5, 0.6) is 0 Å². The van der Waals surface area contributed by atoms with E-state index in [0.717, 1.165) is 24.0 Å². The summed E-state index contributed by atoms with van der Waals surface area (Å²) in [6.07, 6.45) is 4.37. The van der Waals surface area contributed by atoms with Gasteiger partial charge in [0.2, 0.25) is 15.9 Å². The molecule has 0 bridgehead atoms. The van der Waals surface area contributed by atoms with Crippen molar-refractivity contribution in [3.63, 3.8) is 0 Å². The van der Waals surface area contributed by atoms with Crippen LogP contribution < -0.4 is 10.5 Å². The molecule has 1 unspecified atom stereocenters. The van der Waals surface area contributed by atoms with E-state index >= 15 is 0 Å². The molecule has 39 heavy (non-hydrogen) atoms. The fourth-order valence-electron chi connectivity index (χ4n) is 4.77. The number of carbonyl (C=O) groups is 1. The van der Waals surface area contributed by atoms with Crippen molar-refractivity contribution in [2.75, 3.05) is 18.8 Å². The SMILES string of the molecule is C=CC(=O)N1CCCC(n2nc(-c3ccc(CNS(=O)(=O)c4ccccc4C#N)cc3)c3c(N)ncnc32)C1. The number of nitriles is 1. The molecule has 0 aliphatic carbocycles. The van der Waals surface area contributed by atoms with Gasteiger partial charge in [-0.2, -0.15) is 10.4 Å². The summed E-state index contributed by atoms with van der Waals surface area (Å²) in [4.78, 5) is 22.5. The monoisotopic (exact) mass is 542 g/mol. The minimum atomic E-state index is -3.88. The minimum absolute atomic E-state index is 0.0397. The first-order valence-electron chi connectivity index (χ1n) is 12.3. The number of anilines is 1. The van der Waals surface area contributed by atoms with Crippen LogP contribution in [-0.4, -0.2) is 52.1 Å². The summed E-state index contributed by atoms with van der Waals surface area (Å²) in [5.41, 5.74) is 9.01. The fraction of sp³-hybridized carbons (Fsp3) is 0.222. The van der Waals surface area contributed by atoms with Crippen molar-refractivity contribution >= 4 is 32.8 Å². The van der Waals surface area contributed by atoms with Gasteiger partial charge >= 0.3 is 0 Å². The number of amides is 1. The van der Waals surface area contributed by atoms with E-state index in [4.69, 9.17) is 10.8 Å². The Kier molecular flexibility index (Phi) is 7.10. The average Bonchev–Trinajstić information content (AvgIpc) is 3.37. The summed E-state index contributed by atoms with van der Waals surface area (Å²) in [5, 5.41) is 14.7. The Labute approximate surface area is 225 Å². The molecule has 3 heterocycles. The number of nitrogen functional groups attached to an aromatic ring is 1. The lowest BCUT2D eigenvalue weighted by molar-refractivity contribution is -0.127. The van der Waals surface area contributed by atoms with Gasteiger partial charge < -0.3 is 10.6 Å². The molecule has 4 aromatic rings. The molecule has 1 aliphatic rings. The van der Waals surface area contributed by atoms with Crippen molar-refractivity contribution < 1.29 is 13.2 Å². The number of benzene rings is 2. The molecule has 0 radical (unpaired) electrons. The number of nitrogens with zero attached hydrogens (tertiary/aromatic N) is 6. The van der Waals surface area contributed by atoms with Gasteiger partial charge in [-0.05, 0) is 36.6 Å². The maximum absolute atomic E-state index is 12.8. The first-order chi connectivity index (χ1) is 18.8. The van der Waals surface area contributed by atoms with Crippen LogP contribution in [-0.2, 0) is 21.4 Å². The van der Waals surface area contributed by atoms with Crippen molar-refractivity contribution in [2.45, 2.75) is 30.3 Å². The van der Waals surface area contributed by atoms with Gasteiger partial charge in [-0.1, -0.05) is 43.0 Å². The molecule has 1 fully saturated rings. The molecule has 11 nitrogen and oxygen atoms in total. The van der Waals surface area contributed by atoms with E-state index in [2.05, 4.69) is 21.3 Å². The Morgan fingerprint density at radius 1 is 1.21 bits per heavy atom. The van der Waals surface area contributed by atoms with E-state index < -0.39 is 10.0 Å². The molecule has 1 aliphatic heterocycles. The molecule has 0 spiro atoms. The smallest absolute Gasteiger partial charge is 0.246 e. The Balaban J connectivity index is 1.41. The summed E-state index contributed by atoms with van der Waals surface area (Å²) in [6.45, 7) is 4.78. The highest BCUT2D eigenvalue weighted by molar-refractivity contribution is 7.89. The molecule has 5 rings (SSSR count). The Bertz CT molecular complexity index is 1710. The average molecular weight is 543 g/mol. The minimum Gasteiger partial charge on any atom is -0.383 e. The molecular formula is C27H26N8O3S.